The first-order chi connectivity index (χ1) is 15.5. The van der Waals surface area contributed by atoms with Crippen LogP contribution in [-0.4, -0.2) is 25.6 Å². The Morgan fingerprint density at radius 2 is 1.91 bits per heavy atom. The molecule has 0 saturated carbocycles. The molecule has 0 fully saturated rings. The van der Waals surface area contributed by atoms with Crippen LogP contribution in [0, 0.1) is 10.1 Å². The number of benzene rings is 2. The molecule has 0 atom stereocenters. The van der Waals surface area contributed by atoms with Gasteiger partial charge in [0.15, 0.2) is 0 Å². The highest BCUT2D eigenvalue weighted by molar-refractivity contribution is 6.35. The summed E-state index contributed by atoms with van der Waals surface area (Å²) in [7, 11) is 0. The number of carbonyl (C=O) groups is 1. The third-order valence-corrected chi connectivity index (χ3v) is 5.12. The molecule has 0 radical (unpaired) electrons. The van der Waals surface area contributed by atoms with Gasteiger partial charge in [0, 0.05) is 53.2 Å². The van der Waals surface area contributed by atoms with Gasteiger partial charge in [-0.2, -0.15) is 18.2 Å². The molecule has 0 saturated heterocycles. The van der Waals surface area contributed by atoms with Gasteiger partial charge >= 0.3 is 6.18 Å². The van der Waals surface area contributed by atoms with E-state index in [-0.39, 0.29) is 30.2 Å². The minimum Gasteiger partial charge on any atom is -0.550 e. The van der Waals surface area contributed by atoms with E-state index in [1.54, 1.807) is 29.0 Å². The lowest BCUT2D eigenvalue weighted by atomic mass is 10.1. The highest BCUT2D eigenvalue weighted by atomic mass is 35.5. The quantitative estimate of drug-likeness (QED) is 0.301. The van der Waals surface area contributed by atoms with E-state index in [2.05, 4.69) is 10.1 Å². The van der Waals surface area contributed by atoms with Crippen LogP contribution in [0.15, 0.2) is 47.1 Å². The van der Waals surface area contributed by atoms with Crippen molar-refractivity contribution in [3.05, 3.63) is 63.3 Å². The van der Waals surface area contributed by atoms with Crippen molar-refractivity contribution in [2.45, 2.75) is 19.1 Å². The number of aromatic nitrogens is 3. The molecule has 0 bridgehead atoms. The van der Waals surface area contributed by atoms with Crippen LogP contribution in [0.5, 0.6) is 0 Å². The summed E-state index contributed by atoms with van der Waals surface area (Å²) in [5.41, 5.74) is -1.57. The molecule has 0 aliphatic heterocycles. The Bertz CT molecular complexity index is 1400. The van der Waals surface area contributed by atoms with Crippen LogP contribution in [0.3, 0.4) is 0 Å². The smallest absolute Gasteiger partial charge is 0.423 e. The minimum absolute atomic E-state index is 0.0531. The molecular weight excluding hydrogens is 469 g/mol. The fourth-order valence-corrected chi connectivity index (χ4v) is 3.57. The molecule has 0 aliphatic carbocycles. The second-order valence-corrected chi connectivity index (χ2v) is 7.34. The summed E-state index contributed by atoms with van der Waals surface area (Å²) in [5.74, 6) is -1.41. The van der Waals surface area contributed by atoms with E-state index in [1.165, 1.54) is 0 Å². The van der Waals surface area contributed by atoms with E-state index in [4.69, 9.17) is 16.1 Å². The maximum atomic E-state index is 13.2. The zero-order valence-electron chi connectivity index (χ0n) is 16.3. The summed E-state index contributed by atoms with van der Waals surface area (Å²) in [6.45, 7) is 0.152. The molecule has 0 amide bonds. The number of rotatable bonds is 6. The van der Waals surface area contributed by atoms with Gasteiger partial charge in [-0.15, -0.1) is 0 Å². The molecule has 2 aromatic heterocycles. The standard InChI is InChI=1S/C20H12ClF3N4O5/c21-14-9-27(6-5-17(29)30)15-3-1-10(7-12(14)15)18-25-19(33-26-18)11-2-4-16(28(31)32)13(8-11)20(22,23)24/h1-4,7-9H,5-6H2,(H,29,30)/p-1. The molecule has 0 aliphatic rings. The topological polar surface area (TPSA) is 127 Å². The number of carboxylic acid groups (broad SMARTS) is 1. The van der Waals surface area contributed by atoms with Crippen LogP contribution in [0.1, 0.15) is 12.0 Å². The Hall–Kier alpha value is -3.93. The predicted molar refractivity (Wildman–Crippen MR) is 107 cm³/mol. The van der Waals surface area contributed by atoms with Crippen LogP contribution in [0.2, 0.25) is 5.02 Å². The lowest BCUT2D eigenvalue weighted by molar-refractivity contribution is -0.388. The van der Waals surface area contributed by atoms with Gasteiger partial charge in [-0.05, 0) is 30.3 Å². The Morgan fingerprint density at radius 1 is 1.18 bits per heavy atom. The van der Waals surface area contributed by atoms with E-state index in [9.17, 15) is 33.2 Å². The highest BCUT2D eigenvalue weighted by Gasteiger charge is 2.38. The normalized spacial score (nSPS) is 11.8. The van der Waals surface area contributed by atoms with E-state index < -0.39 is 28.3 Å². The largest absolute Gasteiger partial charge is 0.550 e. The fourth-order valence-electron chi connectivity index (χ4n) is 3.30. The Balaban J connectivity index is 1.69. The van der Waals surface area contributed by atoms with Crippen LogP contribution in [0.25, 0.3) is 33.7 Å². The second-order valence-electron chi connectivity index (χ2n) is 6.93. The summed E-state index contributed by atoms with van der Waals surface area (Å²) in [6, 6.07) is 7.28. The second kappa shape index (κ2) is 8.20. The van der Waals surface area contributed by atoms with Crippen LogP contribution in [0.4, 0.5) is 18.9 Å². The highest BCUT2D eigenvalue weighted by Crippen LogP contribution is 2.38. The zero-order valence-corrected chi connectivity index (χ0v) is 17.1. The van der Waals surface area contributed by atoms with Crippen molar-refractivity contribution in [1.82, 2.24) is 14.7 Å². The van der Waals surface area contributed by atoms with Gasteiger partial charge < -0.3 is 19.0 Å². The number of fused-ring (bicyclic) bond motifs is 1. The zero-order chi connectivity index (χ0) is 23.9. The van der Waals surface area contributed by atoms with Crippen molar-refractivity contribution < 1.29 is 32.5 Å². The Kier molecular flexibility index (Phi) is 5.54. The number of alkyl halides is 3. The molecule has 33 heavy (non-hydrogen) atoms. The average Bonchev–Trinajstić information content (AvgIpc) is 3.36. The molecule has 0 spiro atoms. The molecule has 9 nitrogen and oxygen atoms in total. The number of aryl methyl sites for hydroxylation is 1. The molecule has 4 rings (SSSR count). The predicted octanol–water partition coefficient (Wildman–Crippen LogP) is 4.08. The number of aliphatic carboxylic acids is 1. The van der Waals surface area contributed by atoms with Crippen molar-refractivity contribution in [2.24, 2.45) is 0 Å². The van der Waals surface area contributed by atoms with Gasteiger partial charge in [-0.25, -0.2) is 0 Å². The van der Waals surface area contributed by atoms with E-state index in [0.717, 1.165) is 12.1 Å². The number of hydrogen-bond donors (Lipinski definition) is 0. The van der Waals surface area contributed by atoms with Crippen LogP contribution in [-0.2, 0) is 17.5 Å². The third-order valence-electron chi connectivity index (χ3n) is 4.82. The van der Waals surface area contributed by atoms with Gasteiger partial charge in [0.05, 0.1) is 9.95 Å². The molecule has 13 heteroatoms. The SMILES string of the molecule is O=C([O-])CCn1cc(Cl)c2cc(-c3noc(-c4ccc([N+](=O)[O-])c(C(F)(F)F)c4)n3)ccc21. The van der Waals surface area contributed by atoms with Gasteiger partial charge in [0.1, 0.15) is 5.56 Å². The number of halogens is 4. The molecule has 4 aromatic rings. The maximum Gasteiger partial charge on any atom is 0.423 e. The molecular formula is C20H11ClF3N4O5-. The van der Waals surface area contributed by atoms with Crippen molar-refractivity contribution >= 4 is 34.2 Å². The van der Waals surface area contributed by atoms with Crippen LogP contribution >= 0.6 is 11.6 Å². The monoisotopic (exact) mass is 479 g/mol. The molecule has 2 aromatic carbocycles. The summed E-state index contributed by atoms with van der Waals surface area (Å²) in [4.78, 5) is 24.6. The number of hydrogen-bond acceptors (Lipinski definition) is 7. The average molecular weight is 480 g/mol. The number of nitro groups is 1. The van der Waals surface area contributed by atoms with Crippen molar-refractivity contribution in [3.63, 3.8) is 0 Å². The Morgan fingerprint density at radius 3 is 2.58 bits per heavy atom. The van der Waals surface area contributed by atoms with Gasteiger partial charge in [-0.3, -0.25) is 10.1 Å². The fraction of sp³-hybridized carbons (Fsp3) is 0.150. The van der Waals surface area contributed by atoms with Gasteiger partial charge in [0.25, 0.3) is 11.6 Å². The van der Waals surface area contributed by atoms with Crippen LogP contribution < -0.4 is 5.11 Å². The van der Waals surface area contributed by atoms with Crippen molar-refractivity contribution in [3.8, 4) is 22.8 Å². The molecule has 170 valence electrons. The number of nitro benzene ring substituents is 1. The Labute approximate surface area is 187 Å². The summed E-state index contributed by atoms with van der Waals surface area (Å²) < 4.78 is 46.4. The first-order valence-electron chi connectivity index (χ1n) is 9.23. The first kappa shape index (κ1) is 22.3. The van der Waals surface area contributed by atoms with E-state index in [1.807, 2.05) is 0 Å². The summed E-state index contributed by atoms with van der Waals surface area (Å²) >= 11 is 6.24. The van der Waals surface area contributed by atoms with E-state index in [0.29, 0.717) is 27.6 Å². The van der Waals surface area contributed by atoms with Gasteiger partial charge in [-0.1, -0.05) is 16.8 Å². The van der Waals surface area contributed by atoms with Crippen molar-refractivity contribution in [2.75, 3.05) is 0 Å². The van der Waals surface area contributed by atoms with Gasteiger partial charge in [0.2, 0.25) is 5.82 Å². The summed E-state index contributed by atoms with van der Waals surface area (Å²) in [5, 5.41) is 26.3. The minimum atomic E-state index is -4.95. The molecule has 0 unspecified atom stereocenters. The number of nitrogens with zero attached hydrogens (tertiary/aromatic N) is 4. The number of carbonyl (C=O) groups excluding carboxylic acids is 1. The number of carboxylic acids is 1. The lowest BCUT2D eigenvalue weighted by Crippen LogP contribution is -2.23. The maximum absolute atomic E-state index is 13.2. The third kappa shape index (κ3) is 4.37. The van der Waals surface area contributed by atoms with E-state index >= 15 is 0 Å². The first-order valence-corrected chi connectivity index (χ1v) is 9.60. The molecule has 2 heterocycles. The van der Waals surface area contributed by atoms with Crippen molar-refractivity contribution in [1.29, 1.82) is 0 Å². The lowest BCUT2D eigenvalue weighted by Gasteiger charge is -2.08. The summed E-state index contributed by atoms with van der Waals surface area (Å²) in [6.07, 6.45) is -3.59. The molecule has 0 N–H and O–H groups in total.